The molecule has 7 heteroatoms. The van der Waals surface area contributed by atoms with E-state index < -0.39 is 0 Å². The monoisotopic (exact) mass is 511 g/mol. The summed E-state index contributed by atoms with van der Waals surface area (Å²) in [5, 5.41) is 3.17. The van der Waals surface area contributed by atoms with Gasteiger partial charge in [0.25, 0.3) is 0 Å². The van der Waals surface area contributed by atoms with Crippen molar-refractivity contribution in [1.82, 2.24) is 24.7 Å². The van der Waals surface area contributed by atoms with Crippen LogP contribution in [-0.2, 0) is 17.9 Å². The van der Waals surface area contributed by atoms with Crippen LogP contribution in [0.15, 0.2) is 89.7 Å². The number of nitrogens with one attached hydrogen (secondary N) is 2. The third-order valence-corrected chi connectivity index (χ3v) is 7.59. The number of carbonyl (C=O) groups is 1. The summed E-state index contributed by atoms with van der Waals surface area (Å²) in [5.74, 6) is 0.0546. The smallest absolute Gasteiger partial charge is 0.326 e. The van der Waals surface area contributed by atoms with Gasteiger partial charge in [-0.3, -0.25) is 19.2 Å². The van der Waals surface area contributed by atoms with E-state index in [1.807, 2.05) is 41.0 Å². The van der Waals surface area contributed by atoms with E-state index in [2.05, 4.69) is 75.6 Å². The molecule has 0 unspecified atom stereocenters. The number of hydrogen-bond donors (Lipinski definition) is 2. The summed E-state index contributed by atoms with van der Waals surface area (Å²) < 4.78 is 1.89. The van der Waals surface area contributed by atoms with Gasteiger partial charge >= 0.3 is 5.69 Å². The molecular weight excluding hydrogens is 474 g/mol. The van der Waals surface area contributed by atoms with Gasteiger partial charge in [-0.25, -0.2) is 4.79 Å². The molecule has 1 aromatic heterocycles. The summed E-state index contributed by atoms with van der Waals surface area (Å²) in [5.41, 5.74) is 4.31. The number of H-pyrrole nitrogens is 1. The summed E-state index contributed by atoms with van der Waals surface area (Å²) >= 11 is 0. The van der Waals surface area contributed by atoms with Crippen LogP contribution in [0.3, 0.4) is 0 Å². The summed E-state index contributed by atoms with van der Waals surface area (Å²) in [6, 6.07) is 29.1. The number of benzene rings is 3. The van der Waals surface area contributed by atoms with Crippen molar-refractivity contribution in [2.75, 3.05) is 26.2 Å². The molecule has 2 heterocycles. The van der Waals surface area contributed by atoms with Crippen LogP contribution in [0.4, 0.5) is 0 Å². The molecule has 4 aromatic rings. The van der Waals surface area contributed by atoms with Crippen LogP contribution in [0.25, 0.3) is 11.0 Å². The predicted molar refractivity (Wildman–Crippen MR) is 152 cm³/mol. The highest BCUT2D eigenvalue weighted by molar-refractivity contribution is 5.78. The third-order valence-electron chi connectivity index (χ3n) is 7.59. The highest BCUT2D eigenvalue weighted by Gasteiger charge is 2.25. The fourth-order valence-electron chi connectivity index (χ4n) is 5.43. The minimum Gasteiger partial charge on any atom is -0.353 e. The van der Waals surface area contributed by atoms with E-state index in [-0.39, 0.29) is 23.7 Å². The largest absolute Gasteiger partial charge is 0.353 e. The molecular formula is C31H37N5O2. The summed E-state index contributed by atoms with van der Waals surface area (Å²) in [7, 11) is 0. The molecule has 1 aliphatic rings. The number of hydrogen-bond acceptors (Lipinski definition) is 4. The number of amides is 1. The number of piperidine rings is 1. The van der Waals surface area contributed by atoms with Gasteiger partial charge in [0.2, 0.25) is 5.91 Å². The zero-order chi connectivity index (χ0) is 26.3. The molecule has 0 bridgehead atoms. The first kappa shape index (κ1) is 25.9. The first-order valence-corrected chi connectivity index (χ1v) is 13.6. The highest BCUT2D eigenvalue weighted by atomic mass is 16.2. The number of fused-ring (bicyclic) bond motifs is 1. The minimum atomic E-state index is -0.0491. The Labute approximate surface area is 224 Å². The number of rotatable bonds is 10. The lowest BCUT2D eigenvalue weighted by molar-refractivity contribution is -0.122. The fourth-order valence-corrected chi connectivity index (χ4v) is 5.43. The van der Waals surface area contributed by atoms with Crippen molar-refractivity contribution in [3.05, 3.63) is 107 Å². The van der Waals surface area contributed by atoms with E-state index in [0.29, 0.717) is 13.1 Å². The van der Waals surface area contributed by atoms with Gasteiger partial charge < -0.3 is 10.3 Å². The fraction of sp³-hybridized carbons (Fsp3) is 0.355. The van der Waals surface area contributed by atoms with Gasteiger partial charge in [-0.2, -0.15) is 0 Å². The molecule has 7 nitrogen and oxygen atoms in total. The molecule has 1 aliphatic heterocycles. The zero-order valence-corrected chi connectivity index (χ0v) is 22.1. The van der Waals surface area contributed by atoms with Gasteiger partial charge in [0.15, 0.2) is 0 Å². The van der Waals surface area contributed by atoms with Gasteiger partial charge in [0.05, 0.1) is 17.6 Å². The molecule has 0 aliphatic carbocycles. The van der Waals surface area contributed by atoms with Crippen molar-refractivity contribution in [1.29, 1.82) is 0 Å². The molecule has 1 fully saturated rings. The van der Waals surface area contributed by atoms with Crippen molar-refractivity contribution < 1.29 is 4.79 Å². The van der Waals surface area contributed by atoms with Crippen molar-refractivity contribution in [3.63, 3.8) is 0 Å². The Balaban J connectivity index is 1.13. The van der Waals surface area contributed by atoms with Gasteiger partial charge in [-0.1, -0.05) is 72.8 Å². The minimum absolute atomic E-state index is 0.0491. The number of nitrogens with zero attached hydrogens (tertiary/aromatic N) is 3. The lowest BCUT2D eigenvalue weighted by Gasteiger charge is -2.32. The molecule has 3 aromatic carbocycles. The summed E-state index contributed by atoms with van der Waals surface area (Å²) in [4.78, 5) is 33.0. The zero-order valence-electron chi connectivity index (χ0n) is 22.1. The van der Waals surface area contributed by atoms with Crippen LogP contribution < -0.4 is 11.0 Å². The van der Waals surface area contributed by atoms with Crippen LogP contribution in [0.5, 0.6) is 0 Å². The van der Waals surface area contributed by atoms with Gasteiger partial charge in [0.1, 0.15) is 0 Å². The molecule has 1 amide bonds. The Morgan fingerprint density at radius 1 is 0.921 bits per heavy atom. The van der Waals surface area contributed by atoms with Gasteiger partial charge in [0, 0.05) is 44.8 Å². The SMILES string of the molecule is C[C@@H](CNC(=O)CN1CCC(n2c(=O)[nH]c3ccccc32)CC1)N(Cc1ccccc1)Cc1ccccc1. The van der Waals surface area contributed by atoms with E-state index in [1.165, 1.54) is 11.1 Å². The molecule has 5 rings (SSSR count). The average Bonchev–Trinajstić information content (AvgIpc) is 3.28. The Kier molecular flexibility index (Phi) is 8.36. The van der Waals surface area contributed by atoms with Crippen molar-refractivity contribution >= 4 is 16.9 Å². The van der Waals surface area contributed by atoms with E-state index in [4.69, 9.17) is 0 Å². The van der Waals surface area contributed by atoms with Gasteiger partial charge in [-0.05, 0) is 43.0 Å². The Morgan fingerprint density at radius 2 is 1.50 bits per heavy atom. The van der Waals surface area contributed by atoms with E-state index in [1.54, 1.807) is 0 Å². The third kappa shape index (κ3) is 6.41. The normalized spacial score (nSPS) is 15.6. The first-order valence-electron chi connectivity index (χ1n) is 13.6. The summed E-state index contributed by atoms with van der Waals surface area (Å²) in [6.45, 7) is 6.41. The van der Waals surface area contributed by atoms with E-state index >= 15 is 0 Å². The molecule has 1 atom stereocenters. The predicted octanol–water partition coefficient (Wildman–Crippen LogP) is 4.17. The molecule has 0 radical (unpaired) electrons. The number of imidazole rings is 1. The van der Waals surface area contributed by atoms with Crippen LogP contribution in [0, 0.1) is 0 Å². The van der Waals surface area contributed by atoms with Crippen LogP contribution in [-0.4, -0.2) is 57.5 Å². The standard InChI is InChI=1S/C31H37N5O2/c1-24(35(21-25-10-4-2-5-11-25)22-26-12-6-3-7-13-26)20-32-30(37)23-34-18-16-27(17-19-34)36-29-15-9-8-14-28(29)33-31(36)38/h2-15,24,27H,16-23H2,1H3,(H,32,37)(H,33,38)/t24-/m0/s1. The highest BCUT2D eigenvalue weighted by Crippen LogP contribution is 2.24. The lowest BCUT2D eigenvalue weighted by atomic mass is 10.0. The van der Waals surface area contributed by atoms with E-state index in [9.17, 15) is 9.59 Å². The molecule has 2 N–H and O–H groups in total. The number of aromatic nitrogens is 2. The molecule has 198 valence electrons. The van der Waals surface area contributed by atoms with Crippen molar-refractivity contribution in [2.24, 2.45) is 0 Å². The molecule has 1 saturated heterocycles. The lowest BCUT2D eigenvalue weighted by Crippen LogP contribution is -2.46. The van der Waals surface area contributed by atoms with Gasteiger partial charge in [-0.15, -0.1) is 0 Å². The average molecular weight is 512 g/mol. The van der Waals surface area contributed by atoms with Crippen LogP contribution in [0.2, 0.25) is 0 Å². The number of carbonyl (C=O) groups excluding carboxylic acids is 1. The second kappa shape index (κ2) is 12.2. The second-order valence-electron chi connectivity index (χ2n) is 10.4. The van der Waals surface area contributed by atoms with Crippen LogP contribution in [0.1, 0.15) is 36.9 Å². The quantitative estimate of drug-likeness (QED) is 0.335. The maximum Gasteiger partial charge on any atom is 0.326 e. The number of likely N-dealkylation sites (tertiary alicyclic amines) is 1. The Morgan fingerprint density at radius 3 is 2.13 bits per heavy atom. The first-order chi connectivity index (χ1) is 18.6. The maximum absolute atomic E-state index is 12.9. The second-order valence-corrected chi connectivity index (χ2v) is 10.4. The maximum atomic E-state index is 12.9. The topological polar surface area (TPSA) is 73.4 Å². The van der Waals surface area contributed by atoms with Crippen molar-refractivity contribution in [2.45, 2.75) is 44.9 Å². The van der Waals surface area contributed by atoms with Crippen molar-refractivity contribution in [3.8, 4) is 0 Å². The molecule has 0 saturated carbocycles. The summed E-state index contributed by atoms with van der Waals surface area (Å²) in [6.07, 6.45) is 1.71. The molecule has 0 spiro atoms. The number of para-hydroxylation sites is 2. The molecule has 38 heavy (non-hydrogen) atoms. The van der Waals surface area contributed by atoms with E-state index in [0.717, 1.165) is 50.1 Å². The van der Waals surface area contributed by atoms with Crippen LogP contribution >= 0.6 is 0 Å². The Bertz CT molecular complexity index is 1330. The Hall–Kier alpha value is -3.68. The number of aromatic amines is 1.